The van der Waals surface area contributed by atoms with Crippen molar-refractivity contribution in [2.24, 2.45) is 7.05 Å². The van der Waals surface area contributed by atoms with Crippen molar-refractivity contribution in [3.63, 3.8) is 0 Å². The van der Waals surface area contributed by atoms with Gasteiger partial charge in [-0.2, -0.15) is 0 Å². The zero-order valence-electron chi connectivity index (χ0n) is 16.5. The van der Waals surface area contributed by atoms with Crippen molar-refractivity contribution in [1.29, 1.82) is 0 Å². The molecule has 4 rings (SSSR count). The van der Waals surface area contributed by atoms with E-state index in [2.05, 4.69) is 9.97 Å². The summed E-state index contributed by atoms with van der Waals surface area (Å²) in [4.78, 5) is 24.8. The molecule has 1 aliphatic rings. The van der Waals surface area contributed by atoms with Crippen molar-refractivity contribution in [3.05, 3.63) is 54.2 Å². The quantitative estimate of drug-likeness (QED) is 0.731. The number of amides is 1. The number of carbonyl (C=O) groups excluding carboxylic acids is 1. The highest BCUT2D eigenvalue weighted by molar-refractivity contribution is 5.97. The van der Waals surface area contributed by atoms with E-state index >= 15 is 0 Å². The Morgan fingerprint density at radius 3 is 2.90 bits per heavy atom. The van der Waals surface area contributed by atoms with E-state index in [1.807, 2.05) is 22.6 Å². The summed E-state index contributed by atoms with van der Waals surface area (Å²) in [6.07, 6.45) is 4.23. The third-order valence-electron chi connectivity index (χ3n) is 5.44. The van der Waals surface area contributed by atoms with Gasteiger partial charge in [0.15, 0.2) is 0 Å². The number of aliphatic hydroxyl groups is 1. The van der Waals surface area contributed by atoms with Crippen LogP contribution in [0.5, 0.6) is 0 Å². The van der Waals surface area contributed by atoms with Crippen molar-refractivity contribution in [2.75, 3.05) is 31.6 Å². The molecule has 0 unspecified atom stereocenters. The number of benzene rings is 1. The van der Waals surface area contributed by atoms with Crippen LogP contribution < -0.4 is 4.90 Å². The first kappa shape index (κ1) is 19.3. The minimum atomic E-state index is -1.06. The molecule has 1 saturated heterocycles. The SMILES string of the molecule is CN(C[C@@]1(O)CCCN(c2ccc(F)cn2)C1)C(=O)c1ccc2c(c1)ncn2C. The second-order valence-corrected chi connectivity index (χ2v) is 7.80. The van der Waals surface area contributed by atoms with Gasteiger partial charge in [0.25, 0.3) is 5.91 Å². The molecular weight excluding hydrogens is 373 g/mol. The Labute approximate surface area is 168 Å². The first-order valence-corrected chi connectivity index (χ1v) is 9.60. The third-order valence-corrected chi connectivity index (χ3v) is 5.44. The van der Waals surface area contributed by atoms with Crippen LogP contribution in [0.1, 0.15) is 23.2 Å². The van der Waals surface area contributed by atoms with Crippen LogP contribution in [-0.4, -0.2) is 62.7 Å². The number of β-amino-alcohol motifs (C(OH)–C–C–N with tert-alkyl or cyclic N) is 1. The third kappa shape index (κ3) is 3.93. The van der Waals surface area contributed by atoms with E-state index < -0.39 is 11.4 Å². The Hall–Kier alpha value is -3.00. The molecule has 2 aromatic heterocycles. The lowest BCUT2D eigenvalue weighted by Crippen LogP contribution is -2.54. The lowest BCUT2D eigenvalue weighted by molar-refractivity contribution is -0.000130. The molecule has 152 valence electrons. The van der Waals surface area contributed by atoms with Crippen LogP contribution in [0.25, 0.3) is 11.0 Å². The highest BCUT2D eigenvalue weighted by Crippen LogP contribution is 2.26. The molecule has 3 aromatic rings. The number of aromatic nitrogens is 3. The number of carbonyl (C=O) groups is 1. The van der Waals surface area contributed by atoms with Gasteiger partial charge in [0, 0.05) is 32.7 Å². The van der Waals surface area contributed by atoms with Crippen LogP contribution in [0, 0.1) is 5.82 Å². The molecular formula is C21H24FN5O2. The topological polar surface area (TPSA) is 74.5 Å². The predicted molar refractivity (Wildman–Crippen MR) is 108 cm³/mol. The van der Waals surface area contributed by atoms with Gasteiger partial charge in [-0.25, -0.2) is 14.4 Å². The molecule has 1 aromatic carbocycles. The summed E-state index contributed by atoms with van der Waals surface area (Å²) in [5.74, 6) is 0.0679. The number of hydrogen-bond acceptors (Lipinski definition) is 5. The fourth-order valence-electron chi connectivity index (χ4n) is 3.99. The molecule has 1 atom stereocenters. The molecule has 1 N–H and O–H groups in total. The summed E-state index contributed by atoms with van der Waals surface area (Å²) in [6.45, 7) is 1.27. The molecule has 3 heterocycles. The maximum Gasteiger partial charge on any atom is 0.253 e. The van der Waals surface area contributed by atoms with Crippen molar-refractivity contribution >= 4 is 22.8 Å². The number of fused-ring (bicyclic) bond motifs is 1. The molecule has 0 radical (unpaired) electrons. The first-order valence-electron chi connectivity index (χ1n) is 9.60. The molecule has 8 heteroatoms. The number of nitrogens with zero attached hydrogens (tertiary/aromatic N) is 5. The van der Waals surface area contributed by atoms with E-state index in [0.29, 0.717) is 24.3 Å². The summed E-state index contributed by atoms with van der Waals surface area (Å²) >= 11 is 0. The average Bonchev–Trinajstić information content (AvgIpc) is 3.08. The lowest BCUT2D eigenvalue weighted by Gasteiger charge is -2.41. The number of rotatable bonds is 4. The Kier molecular flexibility index (Phi) is 4.96. The Morgan fingerprint density at radius 2 is 2.14 bits per heavy atom. The number of halogens is 1. The zero-order chi connectivity index (χ0) is 20.6. The number of piperidine rings is 1. The van der Waals surface area contributed by atoms with Crippen LogP contribution in [0.4, 0.5) is 10.2 Å². The van der Waals surface area contributed by atoms with E-state index in [1.165, 1.54) is 12.3 Å². The maximum atomic E-state index is 13.1. The lowest BCUT2D eigenvalue weighted by atomic mass is 9.92. The summed E-state index contributed by atoms with van der Waals surface area (Å²) in [7, 11) is 3.60. The van der Waals surface area contributed by atoms with Gasteiger partial charge in [-0.05, 0) is 43.2 Å². The number of hydrogen-bond donors (Lipinski definition) is 1. The zero-order valence-corrected chi connectivity index (χ0v) is 16.5. The van der Waals surface area contributed by atoms with E-state index in [0.717, 1.165) is 24.0 Å². The number of aryl methyl sites for hydroxylation is 1. The van der Waals surface area contributed by atoms with Gasteiger partial charge in [-0.15, -0.1) is 0 Å². The maximum absolute atomic E-state index is 13.1. The fourth-order valence-corrected chi connectivity index (χ4v) is 3.99. The van der Waals surface area contributed by atoms with Gasteiger partial charge in [-0.3, -0.25) is 4.79 Å². The summed E-state index contributed by atoms with van der Waals surface area (Å²) < 4.78 is 15.0. The molecule has 0 bridgehead atoms. The summed E-state index contributed by atoms with van der Waals surface area (Å²) in [5.41, 5.74) is 1.19. The Balaban J connectivity index is 1.47. The van der Waals surface area contributed by atoms with Gasteiger partial charge in [0.1, 0.15) is 11.6 Å². The Morgan fingerprint density at radius 1 is 1.31 bits per heavy atom. The van der Waals surface area contributed by atoms with Gasteiger partial charge < -0.3 is 19.5 Å². The standard InChI is InChI=1S/C21H24FN5O2/c1-25(20(28)15-4-6-18-17(10-15)24-14-26(18)2)12-21(29)8-3-9-27(13-21)19-7-5-16(22)11-23-19/h4-7,10-11,14,29H,3,8-9,12-13H2,1-2H3/t21-/m0/s1. The molecule has 0 spiro atoms. The summed E-state index contributed by atoms with van der Waals surface area (Å²) in [5, 5.41) is 11.1. The van der Waals surface area contributed by atoms with Crippen LogP contribution >= 0.6 is 0 Å². The molecule has 1 aliphatic heterocycles. The van der Waals surface area contributed by atoms with Crippen molar-refractivity contribution in [2.45, 2.75) is 18.4 Å². The number of likely N-dealkylation sites (N-methyl/N-ethyl adjacent to an activating group) is 1. The fraction of sp³-hybridized carbons (Fsp3) is 0.381. The average molecular weight is 397 g/mol. The normalized spacial score (nSPS) is 19.5. The molecule has 0 aliphatic carbocycles. The minimum Gasteiger partial charge on any atom is -0.386 e. The van der Waals surface area contributed by atoms with Crippen molar-refractivity contribution < 1.29 is 14.3 Å². The monoisotopic (exact) mass is 397 g/mol. The number of anilines is 1. The smallest absolute Gasteiger partial charge is 0.253 e. The van der Waals surface area contributed by atoms with Crippen LogP contribution in [-0.2, 0) is 7.05 Å². The molecule has 29 heavy (non-hydrogen) atoms. The van der Waals surface area contributed by atoms with E-state index in [1.54, 1.807) is 36.5 Å². The van der Waals surface area contributed by atoms with Gasteiger partial charge in [-0.1, -0.05) is 0 Å². The molecule has 1 fully saturated rings. The Bertz CT molecular complexity index is 1040. The van der Waals surface area contributed by atoms with Crippen LogP contribution in [0.3, 0.4) is 0 Å². The number of imidazole rings is 1. The van der Waals surface area contributed by atoms with Gasteiger partial charge >= 0.3 is 0 Å². The van der Waals surface area contributed by atoms with Gasteiger partial charge in [0.2, 0.25) is 0 Å². The van der Waals surface area contributed by atoms with E-state index in [4.69, 9.17) is 0 Å². The van der Waals surface area contributed by atoms with Crippen LogP contribution in [0.15, 0.2) is 42.9 Å². The molecule has 7 nitrogen and oxygen atoms in total. The van der Waals surface area contributed by atoms with Crippen molar-refractivity contribution in [1.82, 2.24) is 19.4 Å². The van der Waals surface area contributed by atoms with Gasteiger partial charge in [0.05, 0.1) is 35.7 Å². The van der Waals surface area contributed by atoms with E-state index in [-0.39, 0.29) is 12.5 Å². The van der Waals surface area contributed by atoms with E-state index in [9.17, 15) is 14.3 Å². The van der Waals surface area contributed by atoms with Crippen LogP contribution in [0.2, 0.25) is 0 Å². The predicted octanol–water partition coefficient (Wildman–Crippen LogP) is 2.21. The highest BCUT2D eigenvalue weighted by atomic mass is 19.1. The minimum absolute atomic E-state index is 0.164. The summed E-state index contributed by atoms with van der Waals surface area (Å²) in [6, 6.07) is 8.40. The second kappa shape index (κ2) is 7.44. The second-order valence-electron chi connectivity index (χ2n) is 7.80. The first-order chi connectivity index (χ1) is 13.8. The molecule has 0 saturated carbocycles. The number of pyridine rings is 1. The largest absolute Gasteiger partial charge is 0.386 e. The highest BCUT2D eigenvalue weighted by Gasteiger charge is 2.36. The van der Waals surface area contributed by atoms with Crippen molar-refractivity contribution in [3.8, 4) is 0 Å². The molecule has 1 amide bonds.